The van der Waals surface area contributed by atoms with Crippen molar-refractivity contribution in [2.75, 3.05) is 31.6 Å². The van der Waals surface area contributed by atoms with Crippen molar-refractivity contribution in [2.45, 2.75) is 32.2 Å². The summed E-state index contributed by atoms with van der Waals surface area (Å²) >= 11 is 0. The molecule has 0 radical (unpaired) electrons. The van der Waals surface area contributed by atoms with E-state index in [1.807, 2.05) is 4.90 Å². The molecule has 0 saturated carbocycles. The van der Waals surface area contributed by atoms with Crippen LogP contribution in [-0.4, -0.2) is 47.1 Å². The van der Waals surface area contributed by atoms with Crippen LogP contribution in [0.2, 0.25) is 0 Å². The summed E-state index contributed by atoms with van der Waals surface area (Å²) in [5, 5.41) is 2.94. The molecular weight excluding hydrogens is 378 g/mol. The predicted octanol–water partition coefficient (Wildman–Crippen LogP) is 3.57. The highest BCUT2D eigenvalue weighted by molar-refractivity contribution is 5.94. The molecule has 1 aromatic carbocycles. The van der Waals surface area contributed by atoms with Crippen molar-refractivity contribution < 1.29 is 18.3 Å². The molecule has 1 amide bonds. The third-order valence-electron chi connectivity index (χ3n) is 5.97. The monoisotopic (exact) mass is 402 g/mol. The van der Waals surface area contributed by atoms with Crippen LogP contribution in [-0.2, 0) is 4.74 Å². The number of aromatic nitrogens is 2. The quantitative estimate of drug-likeness (QED) is 0.847. The van der Waals surface area contributed by atoms with Gasteiger partial charge in [-0.1, -0.05) is 12.1 Å². The Morgan fingerprint density at radius 1 is 1.21 bits per heavy atom. The summed E-state index contributed by atoms with van der Waals surface area (Å²) in [5.74, 6) is -1.62. The van der Waals surface area contributed by atoms with E-state index in [0.29, 0.717) is 5.56 Å². The summed E-state index contributed by atoms with van der Waals surface area (Å²) in [4.78, 5) is 23.0. The fourth-order valence-corrected chi connectivity index (χ4v) is 4.14. The Kier molecular flexibility index (Phi) is 5.45. The first-order valence-corrected chi connectivity index (χ1v) is 9.87. The van der Waals surface area contributed by atoms with Crippen molar-refractivity contribution >= 4 is 11.9 Å². The van der Waals surface area contributed by atoms with E-state index in [2.05, 4.69) is 15.3 Å². The highest BCUT2D eigenvalue weighted by Gasteiger charge is 2.41. The zero-order chi connectivity index (χ0) is 20.4. The maximum Gasteiger partial charge on any atom is 0.257 e. The highest BCUT2D eigenvalue weighted by Crippen LogP contribution is 2.40. The molecule has 154 valence electrons. The van der Waals surface area contributed by atoms with Crippen LogP contribution in [0.15, 0.2) is 30.6 Å². The number of anilines is 1. The van der Waals surface area contributed by atoms with Gasteiger partial charge in [-0.25, -0.2) is 18.7 Å². The summed E-state index contributed by atoms with van der Waals surface area (Å²) in [6.07, 6.45) is 5.93. The minimum absolute atomic E-state index is 0.0795. The molecule has 3 heterocycles. The van der Waals surface area contributed by atoms with Crippen molar-refractivity contribution in [3.05, 3.63) is 53.4 Å². The van der Waals surface area contributed by atoms with Gasteiger partial charge in [-0.05, 0) is 37.7 Å². The van der Waals surface area contributed by atoms with Crippen LogP contribution in [0, 0.1) is 17.0 Å². The molecule has 0 aliphatic carbocycles. The summed E-state index contributed by atoms with van der Waals surface area (Å²) in [6, 6.07) is 3.51. The molecule has 2 aliphatic rings. The van der Waals surface area contributed by atoms with Gasteiger partial charge in [0.2, 0.25) is 5.95 Å². The molecule has 1 spiro atoms. The molecule has 29 heavy (non-hydrogen) atoms. The number of likely N-dealkylation sites (tertiary alicyclic amines) is 1. The van der Waals surface area contributed by atoms with Crippen molar-refractivity contribution in [1.82, 2.24) is 14.9 Å². The lowest BCUT2D eigenvalue weighted by atomic mass is 9.80. The molecule has 2 aliphatic heterocycles. The number of hydrogen-bond donors (Lipinski definition) is 1. The van der Waals surface area contributed by atoms with Crippen molar-refractivity contribution in [3.63, 3.8) is 0 Å². The second-order valence-corrected chi connectivity index (χ2v) is 7.89. The third-order valence-corrected chi connectivity index (χ3v) is 5.97. The lowest BCUT2D eigenvalue weighted by Crippen LogP contribution is -2.35. The summed E-state index contributed by atoms with van der Waals surface area (Å²) in [6.45, 7) is 4.68. The van der Waals surface area contributed by atoms with Crippen molar-refractivity contribution in [1.29, 1.82) is 0 Å². The number of amides is 1. The predicted molar refractivity (Wildman–Crippen MR) is 103 cm³/mol. The van der Waals surface area contributed by atoms with Gasteiger partial charge in [0.05, 0.1) is 11.6 Å². The van der Waals surface area contributed by atoms with E-state index in [4.69, 9.17) is 4.74 Å². The van der Waals surface area contributed by atoms with Crippen molar-refractivity contribution in [2.24, 2.45) is 5.41 Å². The van der Waals surface area contributed by atoms with Crippen LogP contribution in [0.3, 0.4) is 0 Å². The number of carbonyl (C=O) groups is 1. The van der Waals surface area contributed by atoms with Gasteiger partial charge in [-0.2, -0.15) is 0 Å². The van der Waals surface area contributed by atoms with Gasteiger partial charge in [0.25, 0.3) is 5.91 Å². The number of carbonyl (C=O) groups excluding carboxylic acids is 1. The smallest absolute Gasteiger partial charge is 0.257 e. The van der Waals surface area contributed by atoms with Crippen molar-refractivity contribution in [3.8, 4) is 0 Å². The Morgan fingerprint density at radius 3 is 2.66 bits per heavy atom. The molecule has 2 aromatic rings. The molecule has 1 atom stereocenters. The zero-order valence-corrected chi connectivity index (χ0v) is 16.3. The van der Waals surface area contributed by atoms with E-state index in [1.165, 1.54) is 24.5 Å². The van der Waals surface area contributed by atoms with E-state index in [-0.39, 0.29) is 22.8 Å². The maximum absolute atomic E-state index is 13.9. The molecular formula is C21H24F2N4O2. The van der Waals surface area contributed by atoms with Gasteiger partial charge in [0.15, 0.2) is 11.6 Å². The number of ether oxygens (including phenoxy) is 1. The number of rotatable bonds is 4. The van der Waals surface area contributed by atoms with Crippen LogP contribution in [0.5, 0.6) is 0 Å². The largest absolute Gasteiger partial charge is 0.381 e. The Hall–Kier alpha value is -2.61. The summed E-state index contributed by atoms with van der Waals surface area (Å²) < 4.78 is 32.8. The fraction of sp³-hybridized carbons (Fsp3) is 0.476. The normalized spacial score (nSPS) is 19.3. The molecule has 2 saturated heterocycles. The molecule has 1 aromatic heterocycles. The van der Waals surface area contributed by atoms with E-state index in [0.717, 1.165) is 51.6 Å². The summed E-state index contributed by atoms with van der Waals surface area (Å²) in [7, 11) is 0. The van der Waals surface area contributed by atoms with E-state index in [1.54, 1.807) is 6.92 Å². The van der Waals surface area contributed by atoms with E-state index < -0.39 is 17.7 Å². The molecule has 4 rings (SSSR count). The van der Waals surface area contributed by atoms with E-state index >= 15 is 0 Å². The highest BCUT2D eigenvalue weighted by atomic mass is 19.2. The molecule has 6 nitrogen and oxygen atoms in total. The van der Waals surface area contributed by atoms with Crippen LogP contribution in [0.1, 0.15) is 48.1 Å². The van der Waals surface area contributed by atoms with Gasteiger partial charge in [0, 0.05) is 44.3 Å². The average Bonchev–Trinajstić information content (AvgIpc) is 3.13. The topological polar surface area (TPSA) is 67.4 Å². The Bertz CT molecular complexity index is 885. The summed E-state index contributed by atoms with van der Waals surface area (Å²) in [5.41, 5.74) is 0.789. The van der Waals surface area contributed by atoms with Crippen LogP contribution in [0.25, 0.3) is 0 Å². The zero-order valence-electron chi connectivity index (χ0n) is 16.3. The number of halogens is 2. The first kappa shape index (κ1) is 19.7. The molecule has 1 unspecified atom stereocenters. The maximum atomic E-state index is 13.9. The van der Waals surface area contributed by atoms with Gasteiger partial charge in [0.1, 0.15) is 0 Å². The molecule has 1 N–H and O–H groups in total. The number of nitrogens with one attached hydrogen (secondary N) is 1. The first-order valence-electron chi connectivity index (χ1n) is 9.87. The van der Waals surface area contributed by atoms with Gasteiger partial charge < -0.3 is 15.0 Å². The van der Waals surface area contributed by atoms with Crippen LogP contribution >= 0.6 is 0 Å². The number of nitrogens with zero attached hydrogens (tertiary/aromatic N) is 3. The molecule has 0 bridgehead atoms. The standard InChI is InChI=1S/C21H24F2N4O2/c1-14(16-3-2-4-17(22)18(16)23)26-20-24-11-15(12-25-20)19(28)27-8-5-21(13-27)6-9-29-10-7-21/h2-4,11-12,14H,5-10,13H2,1H3,(H,24,25,26). The van der Waals surface area contributed by atoms with Crippen LogP contribution < -0.4 is 5.32 Å². The number of benzene rings is 1. The Labute approximate surface area is 168 Å². The average molecular weight is 402 g/mol. The lowest BCUT2D eigenvalue weighted by Gasteiger charge is -2.33. The fourth-order valence-electron chi connectivity index (χ4n) is 4.14. The molecule has 8 heteroatoms. The van der Waals surface area contributed by atoms with Gasteiger partial charge in [-0.3, -0.25) is 4.79 Å². The lowest BCUT2D eigenvalue weighted by molar-refractivity contribution is 0.0191. The second-order valence-electron chi connectivity index (χ2n) is 7.89. The third kappa shape index (κ3) is 4.07. The minimum atomic E-state index is -0.897. The number of hydrogen-bond acceptors (Lipinski definition) is 5. The Balaban J connectivity index is 1.40. The minimum Gasteiger partial charge on any atom is -0.381 e. The SMILES string of the molecule is CC(Nc1ncc(C(=O)N2CCC3(CCOCC3)C2)cn1)c1cccc(F)c1F. The van der Waals surface area contributed by atoms with Gasteiger partial charge >= 0.3 is 0 Å². The van der Waals surface area contributed by atoms with E-state index in [9.17, 15) is 13.6 Å². The second kappa shape index (κ2) is 8.02. The van der Waals surface area contributed by atoms with Crippen LogP contribution in [0.4, 0.5) is 14.7 Å². The van der Waals surface area contributed by atoms with Gasteiger partial charge in [-0.15, -0.1) is 0 Å². The molecule has 2 fully saturated rings. The first-order chi connectivity index (χ1) is 14.0. The Morgan fingerprint density at radius 2 is 1.93 bits per heavy atom.